The van der Waals surface area contributed by atoms with Gasteiger partial charge in [-0.25, -0.2) is 4.79 Å². The molecule has 2 N–H and O–H groups in total. The summed E-state index contributed by atoms with van der Waals surface area (Å²) in [6, 6.07) is 7.00. The van der Waals surface area contributed by atoms with Crippen LogP contribution >= 0.6 is 15.9 Å². The molecule has 0 amide bonds. The third-order valence-corrected chi connectivity index (χ3v) is 2.57. The van der Waals surface area contributed by atoms with Gasteiger partial charge in [-0.3, -0.25) is 4.79 Å². The van der Waals surface area contributed by atoms with Crippen LogP contribution < -0.4 is 0 Å². The predicted octanol–water partition coefficient (Wildman–Crippen LogP) is 2.39. The highest BCUT2D eigenvalue weighted by Crippen LogP contribution is 2.20. The van der Waals surface area contributed by atoms with E-state index in [0.29, 0.717) is 5.56 Å². The highest BCUT2D eigenvalue weighted by atomic mass is 79.9. The lowest BCUT2D eigenvalue weighted by atomic mass is 10.1. The smallest absolute Gasteiger partial charge is 0.332 e. The maximum absolute atomic E-state index is 10.8. The van der Waals surface area contributed by atoms with Crippen LogP contribution in [-0.2, 0) is 9.59 Å². The van der Waals surface area contributed by atoms with E-state index in [9.17, 15) is 9.59 Å². The Morgan fingerprint density at radius 3 is 2.38 bits per heavy atom. The van der Waals surface area contributed by atoms with Crippen LogP contribution in [0.2, 0.25) is 0 Å². The number of halogens is 1. The number of rotatable bonds is 4. The van der Waals surface area contributed by atoms with Gasteiger partial charge in [-0.15, -0.1) is 0 Å². The van der Waals surface area contributed by atoms with Gasteiger partial charge < -0.3 is 10.2 Å². The van der Waals surface area contributed by atoms with Crippen LogP contribution in [0.3, 0.4) is 0 Å². The summed E-state index contributed by atoms with van der Waals surface area (Å²) in [4.78, 5) is 21.3. The Morgan fingerprint density at radius 2 is 1.88 bits per heavy atom. The number of carbonyl (C=O) groups is 2. The van der Waals surface area contributed by atoms with Gasteiger partial charge in [0.15, 0.2) is 0 Å². The van der Waals surface area contributed by atoms with Crippen LogP contribution in [0, 0.1) is 0 Å². The molecule has 0 aliphatic heterocycles. The summed E-state index contributed by atoms with van der Waals surface area (Å²) in [5, 5.41) is 17.4. The van der Waals surface area contributed by atoms with Crippen molar-refractivity contribution in [2.75, 3.05) is 0 Å². The topological polar surface area (TPSA) is 74.6 Å². The van der Waals surface area contributed by atoms with Crippen molar-refractivity contribution in [1.29, 1.82) is 0 Å². The number of carboxylic acids is 2. The Balaban J connectivity index is 3.07. The summed E-state index contributed by atoms with van der Waals surface area (Å²) in [5.41, 5.74) is 0.487. The van der Waals surface area contributed by atoms with Crippen molar-refractivity contribution >= 4 is 33.9 Å². The van der Waals surface area contributed by atoms with Crippen LogP contribution in [0.4, 0.5) is 0 Å². The molecule has 0 atom stereocenters. The molecule has 0 aliphatic rings. The van der Waals surface area contributed by atoms with Crippen molar-refractivity contribution in [2.24, 2.45) is 0 Å². The first kappa shape index (κ1) is 12.4. The first-order chi connectivity index (χ1) is 7.50. The fraction of sp³-hybridized carbons (Fsp3) is 0.0909. The summed E-state index contributed by atoms with van der Waals surface area (Å²) in [6.07, 6.45) is 0.844. The predicted molar refractivity (Wildman–Crippen MR) is 62.0 cm³/mol. The molecule has 5 heteroatoms. The molecule has 0 bridgehead atoms. The van der Waals surface area contributed by atoms with E-state index in [2.05, 4.69) is 15.9 Å². The first-order valence-electron chi connectivity index (χ1n) is 4.41. The van der Waals surface area contributed by atoms with Crippen LogP contribution in [-0.4, -0.2) is 22.2 Å². The monoisotopic (exact) mass is 284 g/mol. The van der Waals surface area contributed by atoms with E-state index in [1.54, 1.807) is 24.3 Å². The maximum Gasteiger partial charge on any atom is 0.332 e. The van der Waals surface area contributed by atoms with Crippen molar-refractivity contribution in [2.45, 2.75) is 6.42 Å². The number of carboxylic acid groups (broad SMARTS) is 2. The van der Waals surface area contributed by atoms with Crippen molar-refractivity contribution in [3.05, 3.63) is 39.9 Å². The third-order valence-electron chi connectivity index (χ3n) is 1.85. The molecule has 0 heterocycles. The lowest BCUT2D eigenvalue weighted by molar-refractivity contribution is -0.139. The molecule has 1 aromatic rings. The zero-order chi connectivity index (χ0) is 12.1. The molecule has 0 aliphatic carbocycles. The Labute approximate surface area is 100 Å². The molecule has 0 saturated heterocycles. The minimum Gasteiger partial charge on any atom is -0.481 e. The standard InChI is InChI=1S/C11H9BrO4/c12-9-4-2-1-3-7(9)5-8(11(15)16)6-10(13)14/h1-5H,6H2,(H,13,14)(H,15,16)/b8-5+. The summed E-state index contributed by atoms with van der Waals surface area (Å²) in [7, 11) is 0. The maximum atomic E-state index is 10.8. The molecular weight excluding hydrogens is 276 g/mol. The van der Waals surface area contributed by atoms with Crippen molar-refractivity contribution in [3.8, 4) is 0 Å². The molecular formula is C11H9BrO4. The normalized spacial score (nSPS) is 11.2. The van der Waals surface area contributed by atoms with E-state index < -0.39 is 18.4 Å². The molecule has 0 fully saturated rings. The molecule has 1 rings (SSSR count). The summed E-state index contributed by atoms with van der Waals surface area (Å²) >= 11 is 3.26. The van der Waals surface area contributed by atoms with Gasteiger partial charge in [0.1, 0.15) is 0 Å². The van der Waals surface area contributed by atoms with E-state index in [1.165, 1.54) is 6.08 Å². The fourth-order valence-corrected chi connectivity index (χ4v) is 1.53. The molecule has 0 saturated carbocycles. The first-order valence-corrected chi connectivity index (χ1v) is 5.20. The number of benzene rings is 1. The Morgan fingerprint density at radius 1 is 1.25 bits per heavy atom. The fourth-order valence-electron chi connectivity index (χ4n) is 1.13. The third kappa shape index (κ3) is 3.51. The van der Waals surface area contributed by atoms with Crippen molar-refractivity contribution < 1.29 is 19.8 Å². The van der Waals surface area contributed by atoms with Gasteiger partial charge in [-0.2, -0.15) is 0 Å². The minimum atomic E-state index is -1.22. The zero-order valence-corrected chi connectivity index (χ0v) is 9.77. The summed E-state index contributed by atoms with van der Waals surface area (Å²) in [6.45, 7) is 0. The summed E-state index contributed by atoms with van der Waals surface area (Å²) < 4.78 is 0.721. The summed E-state index contributed by atoms with van der Waals surface area (Å²) in [5.74, 6) is -2.39. The van der Waals surface area contributed by atoms with Gasteiger partial charge in [0.25, 0.3) is 0 Å². The average molecular weight is 285 g/mol. The molecule has 0 radical (unpaired) electrons. The largest absolute Gasteiger partial charge is 0.481 e. The highest BCUT2D eigenvalue weighted by Gasteiger charge is 2.12. The Bertz CT molecular complexity index is 451. The Kier molecular flexibility index (Phi) is 4.25. The van der Waals surface area contributed by atoms with E-state index in [4.69, 9.17) is 10.2 Å². The second-order valence-corrected chi connectivity index (χ2v) is 3.92. The average Bonchev–Trinajstić information content (AvgIpc) is 2.19. The van der Waals surface area contributed by atoms with Crippen LogP contribution in [0.15, 0.2) is 34.3 Å². The highest BCUT2D eigenvalue weighted by molar-refractivity contribution is 9.10. The zero-order valence-electron chi connectivity index (χ0n) is 8.18. The number of hydrogen-bond acceptors (Lipinski definition) is 2. The van der Waals surface area contributed by atoms with E-state index in [1.807, 2.05) is 0 Å². The SMILES string of the molecule is O=C(O)C/C(=C\c1ccccc1Br)C(=O)O. The molecule has 1 aromatic carbocycles. The second kappa shape index (κ2) is 5.46. The molecule has 4 nitrogen and oxygen atoms in total. The van der Waals surface area contributed by atoms with E-state index in [0.717, 1.165) is 4.47 Å². The van der Waals surface area contributed by atoms with Crippen LogP contribution in [0.5, 0.6) is 0 Å². The number of hydrogen-bond donors (Lipinski definition) is 2. The molecule has 0 aromatic heterocycles. The number of aliphatic carboxylic acids is 2. The molecule has 0 spiro atoms. The second-order valence-electron chi connectivity index (χ2n) is 3.07. The van der Waals surface area contributed by atoms with E-state index >= 15 is 0 Å². The van der Waals surface area contributed by atoms with Gasteiger partial charge in [-0.05, 0) is 17.7 Å². The van der Waals surface area contributed by atoms with Crippen LogP contribution in [0.1, 0.15) is 12.0 Å². The van der Waals surface area contributed by atoms with E-state index in [-0.39, 0.29) is 5.57 Å². The Hall–Kier alpha value is -1.62. The van der Waals surface area contributed by atoms with Crippen molar-refractivity contribution in [3.63, 3.8) is 0 Å². The lowest BCUT2D eigenvalue weighted by Gasteiger charge is -2.01. The van der Waals surface area contributed by atoms with Gasteiger partial charge in [-0.1, -0.05) is 34.1 Å². The van der Waals surface area contributed by atoms with Crippen LogP contribution in [0.25, 0.3) is 6.08 Å². The van der Waals surface area contributed by atoms with Gasteiger partial charge in [0.05, 0.1) is 6.42 Å². The quantitative estimate of drug-likeness (QED) is 0.833. The van der Waals surface area contributed by atoms with Gasteiger partial charge in [0, 0.05) is 10.0 Å². The van der Waals surface area contributed by atoms with Gasteiger partial charge >= 0.3 is 11.9 Å². The molecule has 0 unspecified atom stereocenters. The van der Waals surface area contributed by atoms with Crippen molar-refractivity contribution in [1.82, 2.24) is 0 Å². The van der Waals surface area contributed by atoms with Gasteiger partial charge in [0.2, 0.25) is 0 Å². The lowest BCUT2D eigenvalue weighted by Crippen LogP contribution is -2.06. The molecule has 84 valence electrons. The molecule has 16 heavy (non-hydrogen) atoms. The minimum absolute atomic E-state index is 0.153.